The predicted octanol–water partition coefficient (Wildman–Crippen LogP) is 3.83. The number of carbonyl (C=O) groups excluding carboxylic acids is 2. The highest BCUT2D eigenvalue weighted by Gasteiger charge is 2.51. The van der Waals surface area contributed by atoms with Crippen LogP contribution in [-0.2, 0) is 19.7 Å². The first kappa shape index (κ1) is 15.6. The van der Waals surface area contributed by atoms with Gasteiger partial charge in [-0.05, 0) is 35.6 Å². The number of rotatable bonds is 3. The van der Waals surface area contributed by atoms with Crippen LogP contribution in [0.2, 0.25) is 0 Å². The molecule has 0 radical (unpaired) electrons. The van der Waals surface area contributed by atoms with E-state index < -0.39 is 11.4 Å². The van der Waals surface area contributed by atoms with Crippen LogP contribution in [-0.4, -0.2) is 18.9 Å². The number of fused-ring (bicyclic) bond motifs is 1. The molecule has 0 amide bonds. The van der Waals surface area contributed by atoms with E-state index in [0.717, 1.165) is 35.1 Å². The maximum Gasteiger partial charge on any atom is 0.341 e. The molecule has 3 heteroatoms. The van der Waals surface area contributed by atoms with Crippen molar-refractivity contribution in [1.82, 2.24) is 0 Å². The average molecular weight is 330 g/mol. The quantitative estimate of drug-likeness (QED) is 0.488. The van der Waals surface area contributed by atoms with Gasteiger partial charge in [-0.1, -0.05) is 66.2 Å². The number of hydrogen-bond acceptors (Lipinski definition) is 3. The molecular formula is C22H18O3. The van der Waals surface area contributed by atoms with Gasteiger partial charge in [0.1, 0.15) is 11.0 Å². The van der Waals surface area contributed by atoms with E-state index in [0.29, 0.717) is 0 Å². The molecule has 0 saturated heterocycles. The third kappa shape index (κ3) is 2.12. The number of methoxy groups -OCH3 is 1. The Morgan fingerprint density at radius 3 is 2.36 bits per heavy atom. The summed E-state index contributed by atoms with van der Waals surface area (Å²) < 4.78 is 4.89. The first-order chi connectivity index (χ1) is 12.2. The van der Waals surface area contributed by atoms with Crippen molar-refractivity contribution in [2.45, 2.75) is 18.3 Å². The van der Waals surface area contributed by atoms with Gasteiger partial charge in [0, 0.05) is 0 Å². The van der Waals surface area contributed by atoms with E-state index in [1.165, 1.54) is 7.11 Å². The van der Waals surface area contributed by atoms with E-state index in [2.05, 4.69) is 6.08 Å². The molecule has 1 unspecified atom stereocenters. The lowest BCUT2D eigenvalue weighted by molar-refractivity contribution is -0.138. The second-order valence-corrected chi connectivity index (χ2v) is 6.35. The van der Waals surface area contributed by atoms with Crippen LogP contribution in [0.3, 0.4) is 0 Å². The minimum atomic E-state index is -0.936. The number of hydrogen-bond donors (Lipinski definition) is 0. The number of ketones is 1. The molecule has 3 nitrogen and oxygen atoms in total. The zero-order valence-electron chi connectivity index (χ0n) is 14.0. The van der Waals surface area contributed by atoms with Gasteiger partial charge in [0.15, 0.2) is 5.78 Å². The summed E-state index contributed by atoms with van der Waals surface area (Å²) in [6.45, 7) is 0. The lowest BCUT2D eigenvalue weighted by Gasteiger charge is -2.42. The molecule has 0 N–H and O–H groups in total. The van der Waals surface area contributed by atoms with Crippen LogP contribution < -0.4 is 0 Å². The summed E-state index contributed by atoms with van der Waals surface area (Å²) in [6, 6.07) is 17.5. The molecule has 0 bridgehead atoms. The van der Waals surface area contributed by atoms with Crippen LogP contribution in [0.25, 0.3) is 6.08 Å². The monoisotopic (exact) mass is 330 g/mol. The van der Waals surface area contributed by atoms with Crippen molar-refractivity contribution in [2.24, 2.45) is 0 Å². The molecule has 0 fully saturated rings. The van der Waals surface area contributed by atoms with Gasteiger partial charge in [0.25, 0.3) is 0 Å². The topological polar surface area (TPSA) is 43.4 Å². The van der Waals surface area contributed by atoms with Gasteiger partial charge in [-0.25, -0.2) is 4.79 Å². The first-order valence-electron chi connectivity index (χ1n) is 8.39. The van der Waals surface area contributed by atoms with Crippen LogP contribution in [0.5, 0.6) is 0 Å². The molecule has 0 aromatic heterocycles. The molecule has 2 aromatic rings. The van der Waals surface area contributed by atoms with Crippen molar-refractivity contribution in [1.29, 1.82) is 0 Å². The molecule has 25 heavy (non-hydrogen) atoms. The van der Waals surface area contributed by atoms with Crippen molar-refractivity contribution in [3.8, 4) is 0 Å². The first-order valence-corrected chi connectivity index (χ1v) is 8.39. The van der Waals surface area contributed by atoms with Crippen molar-refractivity contribution in [3.05, 3.63) is 88.5 Å². The highest BCUT2D eigenvalue weighted by atomic mass is 16.5. The summed E-state index contributed by atoms with van der Waals surface area (Å²) in [4.78, 5) is 25.9. The van der Waals surface area contributed by atoms with Crippen molar-refractivity contribution in [3.63, 3.8) is 0 Å². The normalized spacial score (nSPS) is 21.6. The molecule has 2 aromatic carbocycles. The number of allylic oxidation sites excluding steroid dienone is 2. The van der Waals surface area contributed by atoms with Crippen molar-refractivity contribution >= 4 is 17.8 Å². The van der Waals surface area contributed by atoms with Gasteiger partial charge >= 0.3 is 5.97 Å². The van der Waals surface area contributed by atoms with Gasteiger partial charge in [-0.2, -0.15) is 0 Å². The second-order valence-electron chi connectivity index (χ2n) is 6.35. The molecule has 0 heterocycles. The van der Waals surface area contributed by atoms with E-state index >= 15 is 0 Å². The van der Waals surface area contributed by atoms with Crippen LogP contribution in [0.1, 0.15) is 29.5 Å². The summed E-state index contributed by atoms with van der Waals surface area (Å²) >= 11 is 0. The molecule has 4 rings (SSSR count). The lowest BCUT2D eigenvalue weighted by atomic mass is 9.58. The van der Waals surface area contributed by atoms with Gasteiger partial charge < -0.3 is 4.74 Å². The molecule has 124 valence electrons. The Morgan fingerprint density at radius 1 is 1.04 bits per heavy atom. The Kier molecular flexibility index (Phi) is 3.65. The molecule has 2 aliphatic rings. The van der Waals surface area contributed by atoms with Crippen LogP contribution in [0.4, 0.5) is 0 Å². The fourth-order valence-corrected chi connectivity index (χ4v) is 3.88. The Labute approximate surface area is 146 Å². The zero-order chi connectivity index (χ0) is 17.4. The Hall–Kier alpha value is -2.94. The van der Waals surface area contributed by atoms with Gasteiger partial charge in [0.05, 0.1) is 7.11 Å². The lowest BCUT2D eigenvalue weighted by Crippen LogP contribution is -2.45. The minimum absolute atomic E-state index is 0.109. The number of benzene rings is 2. The molecular weight excluding hydrogens is 312 g/mol. The number of ether oxygens (including phenoxy) is 1. The smallest absolute Gasteiger partial charge is 0.341 e. The maximum absolute atomic E-state index is 13.6. The predicted molar refractivity (Wildman–Crippen MR) is 96.0 cm³/mol. The summed E-state index contributed by atoms with van der Waals surface area (Å²) in [5, 5.41) is 0. The highest BCUT2D eigenvalue weighted by Crippen LogP contribution is 2.50. The summed E-state index contributed by atoms with van der Waals surface area (Å²) in [5.74, 6) is -0.782. The Morgan fingerprint density at radius 2 is 1.72 bits per heavy atom. The zero-order valence-corrected chi connectivity index (χ0v) is 14.0. The maximum atomic E-state index is 13.6. The third-order valence-electron chi connectivity index (χ3n) is 5.15. The molecule has 0 saturated carbocycles. The summed E-state index contributed by atoms with van der Waals surface area (Å²) in [5.41, 5.74) is 2.95. The third-order valence-corrected chi connectivity index (χ3v) is 5.15. The van der Waals surface area contributed by atoms with E-state index in [1.807, 2.05) is 54.6 Å². The SMILES string of the molecule is COC(=O)C1=Cc2ccccc2C(C2=CCC2)(c2ccccc2)C1=O. The van der Waals surface area contributed by atoms with Crippen LogP contribution >= 0.6 is 0 Å². The van der Waals surface area contributed by atoms with E-state index in [9.17, 15) is 9.59 Å². The molecule has 2 aliphatic carbocycles. The van der Waals surface area contributed by atoms with E-state index in [4.69, 9.17) is 4.74 Å². The van der Waals surface area contributed by atoms with Gasteiger partial charge in [-0.15, -0.1) is 0 Å². The second kappa shape index (κ2) is 5.85. The van der Waals surface area contributed by atoms with E-state index in [-0.39, 0.29) is 11.4 Å². The fraction of sp³-hybridized carbons (Fsp3) is 0.182. The standard InChI is InChI=1S/C22H18O3/c1-25-21(24)18-14-15-8-5-6-13-19(15)22(20(18)23,17-11-7-12-17)16-9-3-2-4-10-16/h2-6,8-11,13-14H,7,12H2,1H3. The summed E-state index contributed by atoms with van der Waals surface area (Å²) in [6.07, 6.45) is 5.58. The Balaban J connectivity index is 2.08. The van der Waals surface area contributed by atoms with Crippen LogP contribution in [0, 0.1) is 0 Å². The molecule has 0 spiro atoms. The number of Topliss-reactive ketones (excluding diaryl/α,β-unsaturated/α-hetero) is 1. The van der Waals surface area contributed by atoms with Gasteiger partial charge in [0.2, 0.25) is 0 Å². The Bertz CT molecular complexity index is 921. The minimum Gasteiger partial charge on any atom is -0.465 e. The number of carbonyl (C=O) groups is 2. The van der Waals surface area contributed by atoms with E-state index in [1.54, 1.807) is 6.08 Å². The largest absolute Gasteiger partial charge is 0.465 e. The number of esters is 1. The summed E-state index contributed by atoms with van der Waals surface area (Å²) in [7, 11) is 1.31. The average Bonchev–Trinajstić information content (AvgIpc) is 2.62. The van der Waals surface area contributed by atoms with Crippen LogP contribution in [0.15, 0.2) is 71.8 Å². The molecule has 0 aliphatic heterocycles. The highest BCUT2D eigenvalue weighted by molar-refractivity contribution is 6.28. The fourth-order valence-electron chi connectivity index (χ4n) is 3.88. The molecule has 1 atom stereocenters. The van der Waals surface area contributed by atoms with Gasteiger partial charge in [-0.3, -0.25) is 4.79 Å². The van der Waals surface area contributed by atoms with Crippen molar-refractivity contribution in [2.75, 3.05) is 7.11 Å². The van der Waals surface area contributed by atoms with Crippen molar-refractivity contribution < 1.29 is 14.3 Å².